The van der Waals surface area contributed by atoms with Gasteiger partial charge in [0.05, 0.1) is 11.3 Å². The van der Waals surface area contributed by atoms with Gasteiger partial charge in [-0.3, -0.25) is 4.79 Å². The number of aromatic nitrogens is 2. The van der Waals surface area contributed by atoms with Crippen LogP contribution in [0.1, 0.15) is 29.3 Å². The molecule has 0 saturated carbocycles. The van der Waals surface area contributed by atoms with E-state index in [0.29, 0.717) is 36.6 Å². The molecule has 1 unspecified atom stereocenters. The Hall–Kier alpha value is -2.70. The second-order valence-corrected chi connectivity index (χ2v) is 8.17. The van der Waals surface area contributed by atoms with Gasteiger partial charge in [0, 0.05) is 24.8 Å². The first-order valence-electron chi connectivity index (χ1n) is 9.80. The maximum Gasteiger partial charge on any atom is 0.257 e. The van der Waals surface area contributed by atoms with Gasteiger partial charge in [-0.05, 0) is 55.6 Å². The van der Waals surface area contributed by atoms with Crippen molar-refractivity contribution in [2.75, 3.05) is 19.6 Å². The van der Waals surface area contributed by atoms with Crippen LogP contribution in [-0.2, 0) is 0 Å². The molecule has 158 valence electrons. The Kier molecular flexibility index (Phi) is 6.29. The van der Waals surface area contributed by atoms with Crippen molar-refractivity contribution in [3.8, 4) is 16.9 Å². The molecule has 0 aliphatic carbocycles. The highest BCUT2D eigenvalue weighted by Gasteiger charge is 2.36. The minimum Gasteiger partial charge on any atom is -0.338 e. The van der Waals surface area contributed by atoms with Gasteiger partial charge in [0.2, 0.25) is 0 Å². The van der Waals surface area contributed by atoms with Crippen LogP contribution in [-0.4, -0.2) is 40.2 Å². The average Bonchev–Trinajstić information content (AvgIpc) is 3.33. The molecule has 2 N–H and O–H groups in total. The van der Waals surface area contributed by atoms with Crippen LogP contribution in [0.5, 0.6) is 0 Å². The second kappa shape index (κ2) is 8.58. The molecule has 1 saturated heterocycles. The highest BCUT2D eigenvalue weighted by Crippen LogP contribution is 2.32. The zero-order valence-corrected chi connectivity index (χ0v) is 18.0. The lowest BCUT2D eigenvalue weighted by Crippen LogP contribution is -2.34. The van der Waals surface area contributed by atoms with Crippen LogP contribution in [0.2, 0.25) is 0 Å². The second-order valence-electron chi connectivity index (χ2n) is 8.17. The Morgan fingerprint density at radius 1 is 1.23 bits per heavy atom. The number of carbonyl (C=O) groups is 1. The number of hydrogen-bond acceptors (Lipinski definition) is 3. The molecule has 1 fully saturated rings. The molecule has 0 radical (unpaired) electrons. The molecule has 4 rings (SSSR count). The molecule has 0 bridgehead atoms. The van der Waals surface area contributed by atoms with Crippen LogP contribution in [0.25, 0.3) is 16.9 Å². The van der Waals surface area contributed by atoms with Crippen LogP contribution in [0.3, 0.4) is 0 Å². The molecule has 7 heteroatoms. The van der Waals surface area contributed by atoms with E-state index >= 15 is 0 Å². The third-order valence-corrected chi connectivity index (χ3v) is 5.67. The lowest BCUT2D eigenvalue weighted by atomic mass is 9.90. The van der Waals surface area contributed by atoms with Gasteiger partial charge in [-0.15, -0.1) is 12.4 Å². The highest BCUT2D eigenvalue weighted by molar-refractivity contribution is 6.00. The van der Waals surface area contributed by atoms with Gasteiger partial charge >= 0.3 is 0 Å². The summed E-state index contributed by atoms with van der Waals surface area (Å²) in [5, 5.41) is 4.69. The smallest absolute Gasteiger partial charge is 0.257 e. The van der Waals surface area contributed by atoms with Gasteiger partial charge in [0.15, 0.2) is 0 Å². The van der Waals surface area contributed by atoms with E-state index in [-0.39, 0.29) is 29.5 Å². The third kappa shape index (κ3) is 4.25. The highest BCUT2D eigenvalue weighted by atomic mass is 35.5. The van der Waals surface area contributed by atoms with E-state index in [9.17, 15) is 9.18 Å². The SMILES string of the molecule is Cc1cccc(-c2nn(-c3ccc(F)cc3)cc2C(=O)N2CCC(C)(CN)C2)c1.Cl. The van der Waals surface area contributed by atoms with E-state index in [1.165, 1.54) is 12.1 Å². The number of amides is 1. The fourth-order valence-electron chi connectivity index (χ4n) is 3.80. The summed E-state index contributed by atoms with van der Waals surface area (Å²) in [6, 6.07) is 14.0. The fourth-order valence-corrected chi connectivity index (χ4v) is 3.80. The Morgan fingerprint density at radius 3 is 2.60 bits per heavy atom. The summed E-state index contributed by atoms with van der Waals surface area (Å²) < 4.78 is 15.0. The van der Waals surface area contributed by atoms with Crippen LogP contribution in [0.4, 0.5) is 4.39 Å². The normalized spacial score (nSPS) is 18.3. The predicted molar refractivity (Wildman–Crippen MR) is 119 cm³/mol. The lowest BCUT2D eigenvalue weighted by molar-refractivity contribution is 0.0777. The number of nitrogens with zero attached hydrogens (tertiary/aromatic N) is 3. The molecule has 1 atom stereocenters. The van der Waals surface area contributed by atoms with Gasteiger partial charge in [-0.25, -0.2) is 9.07 Å². The lowest BCUT2D eigenvalue weighted by Gasteiger charge is -2.22. The summed E-state index contributed by atoms with van der Waals surface area (Å²) in [5.41, 5.74) is 9.71. The van der Waals surface area contributed by atoms with E-state index in [4.69, 9.17) is 10.8 Å². The first kappa shape index (κ1) is 22.0. The van der Waals surface area contributed by atoms with Gasteiger partial charge in [0.1, 0.15) is 11.5 Å². The molecule has 3 aromatic rings. The maximum atomic E-state index is 13.4. The van der Waals surface area contributed by atoms with E-state index < -0.39 is 0 Å². The first-order valence-corrected chi connectivity index (χ1v) is 9.80. The topological polar surface area (TPSA) is 64.2 Å². The number of hydrogen-bond donors (Lipinski definition) is 1. The van der Waals surface area contributed by atoms with Crippen molar-refractivity contribution in [3.05, 3.63) is 71.7 Å². The van der Waals surface area contributed by atoms with Crippen molar-refractivity contribution < 1.29 is 9.18 Å². The molecule has 2 aromatic carbocycles. The van der Waals surface area contributed by atoms with Crippen molar-refractivity contribution >= 4 is 18.3 Å². The molecule has 5 nitrogen and oxygen atoms in total. The average molecular weight is 429 g/mol. The first-order chi connectivity index (χ1) is 13.9. The third-order valence-electron chi connectivity index (χ3n) is 5.67. The van der Waals surface area contributed by atoms with Crippen molar-refractivity contribution in [3.63, 3.8) is 0 Å². The van der Waals surface area contributed by atoms with Crippen LogP contribution in [0.15, 0.2) is 54.7 Å². The summed E-state index contributed by atoms with van der Waals surface area (Å²) in [4.78, 5) is 15.3. The number of halogens is 2. The Labute approximate surface area is 182 Å². The van der Waals surface area contributed by atoms with E-state index in [2.05, 4.69) is 6.92 Å². The fraction of sp³-hybridized carbons (Fsp3) is 0.304. The minimum absolute atomic E-state index is 0. The van der Waals surface area contributed by atoms with Crippen LogP contribution < -0.4 is 5.73 Å². The van der Waals surface area contributed by atoms with Crippen molar-refractivity contribution in [2.45, 2.75) is 20.3 Å². The number of aryl methyl sites for hydroxylation is 1. The van der Waals surface area contributed by atoms with E-state index in [1.807, 2.05) is 36.1 Å². The van der Waals surface area contributed by atoms with E-state index in [1.54, 1.807) is 23.0 Å². The Balaban J connectivity index is 0.00000256. The van der Waals surface area contributed by atoms with Gasteiger partial charge in [-0.1, -0.05) is 30.7 Å². The van der Waals surface area contributed by atoms with Gasteiger partial charge in [0.25, 0.3) is 5.91 Å². The van der Waals surface area contributed by atoms with Crippen LogP contribution in [0, 0.1) is 18.2 Å². The number of nitrogens with two attached hydrogens (primary N) is 1. The molecular weight excluding hydrogens is 403 g/mol. The molecule has 0 spiro atoms. The summed E-state index contributed by atoms with van der Waals surface area (Å²) in [7, 11) is 0. The summed E-state index contributed by atoms with van der Waals surface area (Å²) in [6.45, 7) is 5.99. The van der Waals surface area contributed by atoms with Crippen molar-refractivity contribution in [1.82, 2.24) is 14.7 Å². The molecule has 2 heterocycles. The zero-order chi connectivity index (χ0) is 20.6. The monoisotopic (exact) mass is 428 g/mol. The number of rotatable bonds is 4. The standard InChI is InChI=1S/C23H25FN4O.ClH/c1-16-4-3-5-17(12-16)21-20(22(29)27-11-10-23(2,14-25)15-27)13-28(26-21)19-8-6-18(24)7-9-19;/h3-9,12-13H,10-11,14-15,25H2,1-2H3;1H. The summed E-state index contributed by atoms with van der Waals surface area (Å²) in [5.74, 6) is -0.360. The van der Waals surface area contributed by atoms with Gasteiger partial charge in [-0.2, -0.15) is 5.10 Å². The Bertz CT molecular complexity index is 1050. The molecule has 1 aliphatic heterocycles. The maximum absolute atomic E-state index is 13.4. The minimum atomic E-state index is -0.311. The molecule has 1 aromatic heterocycles. The molecule has 30 heavy (non-hydrogen) atoms. The molecule has 1 aliphatic rings. The number of benzene rings is 2. The Morgan fingerprint density at radius 2 is 1.97 bits per heavy atom. The number of likely N-dealkylation sites (tertiary alicyclic amines) is 1. The number of carbonyl (C=O) groups excluding carboxylic acids is 1. The predicted octanol–water partition coefficient (Wildman–Crippen LogP) is 4.22. The molecule has 1 amide bonds. The largest absolute Gasteiger partial charge is 0.338 e. The van der Waals surface area contributed by atoms with Crippen LogP contribution >= 0.6 is 12.4 Å². The zero-order valence-electron chi connectivity index (χ0n) is 17.1. The summed E-state index contributed by atoms with van der Waals surface area (Å²) in [6.07, 6.45) is 2.63. The molecular formula is C23H26ClFN4O. The van der Waals surface area contributed by atoms with E-state index in [0.717, 1.165) is 17.5 Å². The quantitative estimate of drug-likeness (QED) is 0.676. The van der Waals surface area contributed by atoms with Crippen molar-refractivity contribution in [1.29, 1.82) is 0 Å². The summed E-state index contributed by atoms with van der Waals surface area (Å²) >= 11 is 0. The van der Waals surface area contributed by atoms with Crippen molar-refractivity contribution in [2.24, 2.45) is 11.1 Å². The van der Waals surface area contributed by atoms with Gasteiger partial charge < -0.3 is 10.6 Å².